The third-order valence-corrected chi connectivity index (χ3v) is 4.85. The number of nitrogens with two attached hydrogens (primary N) is 1. The number of aryl methyl sites for hydroxylation is 1. The van der Waals surface area contributed by atoms with E-state index in [0.29, 0.717) is 6.54 Å². The van der Waals surface area contributed by atoms with Gasteiger partial charge in [-0.15, -0.1) is 0 Å². The van der Waals surface area contributed by atoms with Crippen LogP contribution in [-0.2, 0) is 11.2 Å². The van der Waals surface area contributed by atoms with Crippen molar-refractivity contribution in [2.24, 2.45) is 11.1 Å². The van der Waals surface area contributed by atoms with Gasteiger partial charge in [-0.05, 0) is 44.2 Å². The maximum atomic E-state index is 12.6. The van der Waals surface area contributed by atoms with Crippen LogP contribution in [0.5, 0.6) is 0 Å². The number of carbonyl (C=O) groups excluding carboxylic acids is 1. The fourth-order valence-corrected chi connectivity index (χ4v) is 3.35. The topological polar surface area (TPSA) is 55.1 Å². The van der Waals surface area contributed by atoms with Gasteiger partial charge in [-0.3, -0.25) is 4.79 Å². The van der Waals surface area contributed by atoms with Gasteiger partial charge in [-0.2, -0.15) is 0 Å². The van der Waals surface area contributed by atoms with Crippen molar-refractivity contribution in [3.05, 3.63) is 35.4 Å². The molecule has 1 amide bonds. The normalized spacial score (nSPS) is 19.0. The monoisotopic (exact) mass is 288 g/mol. The van der Waals surface area contributed by atoms with Gasteiger partial charge in [-0.1, -0.05) is 43.5 Å². The van der Waals surface area contributed by atoms with E-state index in [0.717, 1.165) is 32.1 Å². The summed E-state index contributed by atoms with van der Waals surface area (Å²) in [6, 6.07) is 8.50. The van der Waals surface area contributed by atoms with Gasteiger partial charge in [0.1, 0.15) is 0 Å². The molecule has 1 aliphatic rings. The fraction of sp³-hybridized carbons (Fsp3) is 0.611. The van der Waals surface area contributed by atoms with Crippen LogP contribution in [0.3, 0.4) is 0 Å². The Bertz CT molecular complexity index is 478. The van der Waals surface area contributed by atoms with Crippen LogP contribution in [0.25, 0.3) is 0 Å². The lowest BCUT2D eigenvalue weighted by Gasteiger charge is -2.35. The molecule has 0 spiro atoms. The summed E-state index contributed by atoms with van der Waals surface area (Å²) in [4.78, 5) is 12.6. The summed E-state index contributed by atoms with van der Waals surface area (Å²) in [6.07, 6.45) is 6.22. The van der Waals surface area contributed by atoms with E-state index in [1.54, 1.807) is 0 Å². The van der Waals surface area contributed by atoms with Crippen LogP contribution in [0.2, 0.25) is 0 Å². The Balaban J connectivity index is 1.97. The number of carbonyl (C=O) groups is 1. The number of nitrogens with one attached hydrogen (secondary N) is 1. The standard InChI is InChI=1S/C18H28N2O/c1-14-8-4-5-9-16(14)12-15(2)20-17(21)18(13-19)10-6-3-7-11-18/h4-5,8-9,15H,3,6-7,10-13,19H2,1-2H3,(H,20,21). The molecule has 0 aliphatic heterocycles. The van der Waals surface area contributed by atoms with Gasteiger partial charge in [0.05, 0.1) is 5.41 Å². The zero-order valence-corrected chi connectivity index (χ0v) is 13.3. The second-order valence-electron chi connectivity index (χ2n) is 6.55. The second kappa shape index (κ2) is 7.08. The molecule has 2 rings (SSSR count). The summed E-state index contributed by atoms with van der Waals surface area (Å²) >= 11 is 0. The molecule has 0 bridgehead atoms. The molecule has 0 aromatic heterocycles. The fourth-order valence-electron chi connectivity index (χ4n) is 3.35. The van der Waals surface area contributed by atoms with Crippen LogP contribution in [0, 0.1) is 12.3 Å². The van der Waals surface area contributed by atoms with E-state index in [1.807, 2.05) is 6.07 Å². The number of rotatable bonds is 5. The average molecular weight is 288 g/mol. The van der Waals surface area contributed by atoms with Crippen LogP contribution in [0.15, 0.2) is 24.3 Å². The van der Waals surface area contributed by atoms with Gasteiger partial charge in [0.25, 0.3) is 0 Å². The highest BCUT2D eigenvalue weighted by molar-refractivity contribution is 5.83. The van der Waals surface area contributed by atoms with Gasteiger partial charge in [0.15, 0.2) is 0 Å². The molecule has 116 valence electrons. The Kier molecular flexibility index (Phi) is 5.40. The Morgan fingerprint density at radius 2 is 1.95 bits per heavy atom. The highest BCUT2D eigenvalue weighted by Crippen LogP contribution is 2.35. The van der Waals surface area contributed by atoms with E-state index in [9.17, 15) is 4.79 Å². The summed E-state index contributed by atoms with van der Waals surface area (Å²) in [7, 11) is 0. The summed E-state index contributed by atoms with van der Waals surface area (Å²) in [5.41, 5.74) is 8.19. The third-order valence-electron chi connectivity index (χ3n) is 4.85. The van der Waals surface area contributed by atoms with Crippen molar-refractivity contribution < 1.29 is 4.79 Å². The lowest BCUT2D eigenvalue weighted by Crippen LogP contribution is -2.50. The lowest BCUT2D eigenvalue weighted by molar-refractivity contribution is -0.133. The lowest BCUT2D eigenvalue weighted by atomic mass is 9.73. The average Bonchev–Trinajstić information content (AvgIpc) is 2.50. The van der Waals surface area contributed by atoms with Crippen LogP contribution < -0.4 is 11.1 Å². The maximum absolute atomic E-state index is 12.6. The molecular weight excluding hydrogens is 260 g/mol. The molecule has 1 fully saturated rings. The first-order valence-electron chi connectivity index (χ1n) is 8.13. The minimum atomic E-state index is -0.321. The van der Waals surface area contributed by atoms with Gasteiger partial charge >= 0.3 is 0 Å². The van der Waals surface area contributed by atoms with Crippen LogP contribution in [0.1, 0.15) is 50.2 Å². The van der Waals surface area contributed by atoms with Gasteiger partial charge in [-0.25, -0.2) is 0 Å². The quantitative estimate of drug-likeness (QED) is 0.875. The van der Waals surface area contributed by atoms with E-state index in [2.05, 4.69) is 37.4 Å². The Labute approximate surface area is 128 Å². The molecule has 3 heteroatoms. The van der Waals surface area contributed by atoms with Gasteiger partial charge in [0.2, 0.25) is 5.91 Å². The van der Waals surface area contributed by atoms with Crippen LogP contribution in [0.4, 0.5) is 0 Å². The van der Waals surface area contributed by atoms with E-state index < -0.39 is 0 Å². The molecule has 0 saturated heterocycles. The summed E-state index contributed by atoms with van der Waals surface area (Å²) in [6.45, 7) is 4.67. The molecule has 1 aromatic rings. The Hall–Kier alpha value is -1.35. The van der Waals surface area contributed by atoms with Crippen molar-refractivity contribution in [3.63, 3.8) is 0 Å². The summed E-state index contributed by atoms with van der Waals surface area (Å²) < 4.78 is 0. The predicted octanol–water partition coefficient (Wildman–Crippen LogP) is 2.95. The number of hydrogen-bond donors (Lipinski definition) is 2. The summed E-state index contributed by atoms with van der Waals surface area (Å²) in [5.74, 6) is 0.158. The highest BCUT2D eigenvalue weighted by Gasteiger charge is 2.38. The van der Waals surface area contributed by atoms with Gasteiger partial charge < -0.3 is 11.1 Å². The van der Waals surface area contributed by atoms with E-state index in [-0.39, 0.29) is 17.4 Å². The molecule has 1 unspecified atom stereocenters. The largest absolute Gasteiger partial charge is 0.353 e. The first kappa shape index (κ1) is 16.0. The molecule has 3 N–H and O–H groups in total. The third kappa shape index (κ3) is 3.85. The molecule has 1 atom stereocenters. The first-order valence-corrected chi connectivity index (χ1v) is 8.13. The molecule has 1 aliphatic carbocycles. The van der Waals surface area contributed by atoms with E-state index in [4.69, 9.17) is 5.73 Å². The zero-order chi connectivity index (χ0) is 15.3. The SMILES string of the molecule is Cc1ccccc1CC(C)NC(=O)C1(CN)CCCCC1. The molecule has 21 heavy (non-hydrogen) atoms. The van der Waals surface area contributed by atoms with E-state index in [1.165, 1.54) is 17.5 Å². The smallest absolute Gasteiger partial charge is 0.227 e. The highest BCUT2D eigenvalue weighted by atomic mass is 16.2. The van der Waals surface area contributed by atoms with Crippen molar-refractivity contribution in [3.8, 4) is 0 Å². The Morgan fingerprint density at radius 1 is 1.29 bits per heavy atom. The molecule has 0 radical (unpaired) electrons. The first-order chi connectivity index (χ1) is 10.1. The molecular formula is C18H28N2O. The minimum absolute atomic E-state index is 0.143. The molecule has 0 heterocycles. The van der Waals surface area contributed by atoms with Crippen LogP contribution in [-0.4, -0.2) is 18.5 Å². The van der Waals surface area contributed by atoms with Crippen molar-refractivity contribution >= 4 is 5.91 Å². The molecule has 3 nitrogen and oxygen atoms in total. The predicted molar refractivity (Wildman–Crippen MR) is 87.1 cm³/mol. The Morgan fingerprint density at radius 3 is 2.57 bits per heavy atom. The van der Waals surface area contributed by atoms with Crippen molar-refractivity contribution in [2.75, 3.05) is 6.54 Å². The maximum Gasteiger partial charge on any atom is 0.227 e. The second-order valence-corrected chi connectivity index (χ2v) is 6.55. The summed E-state index contributed by atoms with van der Waals surface area (Å²) in [5, 5.41) is 3.20. The molecule has 1 saturated carbocycles. The van der Waals surface area contributed by atoms with E-state index >= 15 is 0 Å². The molecule has 1 aromatic carbocycles. The van der Waals surface area contributed by atoms with Crippen molar-refractivity contribution in [2.45, 2.75) is 58.4 Å². The minimum Gasteiger partial charge on any atom is -0.353 e. The van der Waals surface area contributed by atoms with Crippen molar-refractivity contribution in [1.29, 1.82) is 0 Å². The van der Waals surface area contributed by atoms with Crippen molar-refractivity contribution in [1.82, 2.24) is 5.32 Å². The number of amides is 1. The van der Waals surface area contributed by atoms with Crippen LogP contribution >= 0.6 is 0 Å². The number of hydrogen-bond acceptors (Lipinski definition) is 2. The van der Waals surface area contributed by atoms with Gasteiger partial charge in [0, 0.05) is 12.6 Å². The number of benzene rings is 1. The zero-order valence-electron chi connectivity index (χ0n) is 13.3.